The van der Waals surface area contributed by atoms with Gasteiger partial charge in [-0.15, -0.1) is 0 Å². The number of pyridine rings is 2. The lowest BCUT2D eigenvalue weighted by molar-refractivity contribution is 0.0796. The number of carbonyl (C=O) groups is 2. The Kier molecular flexibility index (Phi) is 7.74. The van der Waals surface area contributed by atoms with E-state index in [1.165, 1.54) is 6.20 Å². The lowest BCUT2D eigenvalue weighted by atomic mass is 10.1. The lowest BCUT2D eigenvalue weighted by Crippen LogP contribution is -2.30. The second-order valence-corrected chi connectivity index (χ2v) is 6.22. The second kappa shape index (κ2) is 10.3. The average Bonchev–Trinajstić information content (AvgIpc) is 2.69. The highest BCUT2D eigenvalue weighted by atomic mass is 16.2. The van der Waals surface area contributed by atoms with Gasteiger partial charge < -0.3 is 10.2 Å². The fourth-order valence-electron chi connectivity index (χ4n) is 2.52. The molecule has 0 saturated carbocycles. The van der Waals surface area contributed by atoms with Crippen molar-refractivity contribution >= 4 is 11.8 Å². The van der Waals surface area contributed by atoms with Crippen LogP contribution in [0.4, 0.5) is 0 Å². The molecule has 138 valence electrons. The van der Waals surface area contributed by atoms with Gasteiger partial charge in [0.05, 0.1) is 0 Å². The Bertz CT molecular complexity index is 719. The van der Waals surface area contributed by atoms with Gasteiger partial charge in [-0.1, -0.05) is 19.8 Å². The molecule has 0 aliphatic heterocycles. The standard InChI is InChI=1S/C20H26N4O2/c1-3-4-5-10-23-19(25)18-15-17(8-13-22-18)20(26)24(2)14-9-16-6-11-21-12-7-16/h6-8,11-13,15H,3-5,9-10,14H2,1-2H3,(H,23,25). The second-order valence-electron chi connectivity index (χ2n) is 6.22. The minimum Gasteiger partial charge on any atom is -0.351 e. The van der Waals surface area contributed by atoms with Crippen LogP contribution < -0.4 is 5.32 Å². The highest BCUT2D eigenvalue weighted by molar-refractivity contribution is 5.98. The van der Waals surface area contributed by atoms with E-state index in [2.05, 4.69) is 22.2 Å². The van der Waals surface area contributed by atoms with Gasteiger partial charge in [-0.25, -0.2) is 0 Å². The Balaban J connectivity index is 1.92. The number of unbranched alkanes of at least 4 members (excludes halogenated alkanes) is 2. The van der Waals surface area contributed by atoms with Crippen LogP contribution in [0, 0.1) is 0 Å². The van der Waals surface area contributed by atoms with Crippen molar-refractivity contribution in [1.29, 1.82) is 0 Å². The summed E-state index contributed by atoms with van der Waals surface area (Å²) in [6.07, 6.45) is 8.86. The molecule has 6 heteroatoms. The Morgan fingerprint density at radius 1 is 1.12 bits per heavy atom. The first-order chi connectivity index (χ1) is 12.6. The number of hydrogen-bond donors (Lipinski definition) is 1. The zero-order valence-corrected chi connectivity index (χ0v) is 15.4. The van der Waals surface area contributed by atoms with Crippen LogP contribution in [0.5, 0.6) is 0 Å². The molecule has 0 aliphatic rings. The summed E-state index contributed by atoms with van der Waals surface area (Å²) in [6.45, 7) is 3.33. The third-order valence-corrected chi connectivity index (χ3v) is 4.14. The van der Waals surface area contributed by atoms with Gasteiger partial charge in [-0.2, -0.15) is 0 Å². The molecule has 0 aromatic carbocycles. The molecular weight excluding hydrogens is 328 g/mol. The lowest BCUT2D eigenvalue weighted by Gasteiger charge is -2.17. The number of hydrogen-bond acceptors (Lipinski definition) is 4. The maximum atomic E-state index is 12.6. The molecule has 2 rings (SSSR count). The summed E-state index contributed by atoms with van der Waals surface area (Å²) in [5, 5.41) is 2.84. The molecule has 1 N–H and O–H groups in total. The van der Waals surface area contributed by atoms with Crippen molar-refractivity contribution in [2.45, 2.75) is 32.6 Å². The number of amides is 2. The first-order valence-electron chi connectivity index (χ1n) is 9.00. The van der Waals surface area contributed by atoms with Crippen LogP contribution in [0.25, 0.3) is 0 Å². The Labute approximate surface area is 154 Å². The van der Waals surface area contributed by atoms with Crippen LogP contribution in [-0.4, -0.2) is 46.8 Å². The maximum absolute atomic E-state index is 12.6. The fraction of sp³-hybridized carbons (Fsp3) is 0.400. The first-order valence-corrected chi connectivity index (χ1v) is 9.00. The third kappa shape index (κ3) is 5.95. The number of aromatic nitrogens is 2. The molecule has 0 bridgehead atoms. The smallest absolute Gasteiger partial charge is 0.269 e. The van der Waals surface area contributed by atoms with Crippen LogP contribution in [0.1, 0.15) is 52.6 Å². The summed E-state index contributed by atoms with van der Waals surface area (Å²) in [5.41, 5.74) is 1.87. The van der Waals surface area contributed by atoms with Gasteiger partial charge in [0.15, 0.2) is 0 Å². The molecule has 2 aromatic rings. The largest absolute Gasteiger partial charge is 0.351 e. The Hall–Kier alpha value is -2.76. The monoisotopic (exact) mass is 354 g/mol. The molecule has 26 heavy (non-hydrogen) atoms. The van der Waals surface area contributed by atoms with Crippen LogP contribution in [0.15, 0.2) is 42.9 Å². The number of carbonyl (C=O) groups excluding carboxylic acids is 2. The number of nitrogens with zero attached hydrogens (tertiary/aromatic N) is 3. The molecule has 0 radical (unpaired) electrons. The van der Waals surface area contributed by atoms with Crippen molar-refractivity contribution < 1.29 is 9.59 Å². The van der Waals surface area contributed by atoms with Crippen LogP contribution in [0.3, 0.4) is 0 Å². The van der Waals surface area contributed by atoms with Crippen LogP contribution >= 0.6 is 0 Å². The summed E-state index contributed by atoms with van der Waals surface area (Å²) in [6, 6.07) is 7.07. The minimum atomic E-state index is -0.241. The summed E-state index contributed by atoms with van der Waals surface area (Å²) >= 11 is 0. The van der Waals surface area contributed by atoms with Crippen molar-refractivity contribution in [2.75, 3.05) is 20.1 Å². The predicted octanol–water partition coefficient (Wildman–Crippen LogP) is 2.71. The van der Waals surface area contributed by atoms with Gasteiger partial charge in [0, 0.05) is 44.3 Å². The molecule has 0 atom stereocenters. The first kappa shape index (κ1) is 19.6. The van der Waals surface area contributed by atoms with Crippen molar-refractivity contribution in [3.05, 3.63) is 59.7 Å². The number of rotatable bonds is 9. The predicted molar refractivity (Wildman–Crippen MR) is 101 cm³/mol. The van der Waals surface area contributed by atoms with Crippen molar-refractivity contribution in [3.8, 4) is 0 Å². The Morgan fingerprint density at radius 2 is 1.88 bits per heavy atom. The van der Waals surface area contributed by atoms with Crippen molar-refractivity contribution in [3.63, 3.8) is 0 Å². The van der Waals surface area contributed by atoms with Gasteiger partial charge in [-0.05, 0) is 42.7 Å². The quantitative estimate of drug-likeness (QED) is 0.703. The molecule has 0 saturated heterocycles. The minimum absolute atomic E-state index is 0.124. The van der Waals surface area contributed by atoms with Gasteiger partial charge in [-0.3, -0.25) is 19.6 Å². The molecule has 0 fully saturated rings. The van der Waals surface area contributed by atoms with Crippen molar-refractivity contribution in [1.82, 2.24) is 20.2 Å². The van der Waals surface area contributed by atoms with E-state index in [0.717, 1.165) is 31.2 Å². The van der Waals surface area contributed by atoms with Crippen LogP contribution in [-0.2, 0) is 6.42 Å². The number of nitrogens with one attached hydrogen (secondary N) is 1. The fourth-order valence-corrected chi connectivity index (χ4v) is 2.52. The molecule has 2 aromatic heterocycles. The van der Waals surface area contributed by atoms with Gasteiger partial charge in [0.1, 0.15) is 5.69 Å². The third-order valence-electron chi connectivity index (χ3n) is 4.14. The van der Waals surface area contributed by atoms with E-state index in [4.69, 9.17) is 0 Å². The molecule has 0 aliphatic carbocycles. The van der Waals surface area contributed by atoms with E-state index in [-0.39, 0.29) is 17.5 Å². The van der Waals surface area contributed by atoms with Crippen LogP contribution in [0.2, 0.25) is 0 Å². The average molecular weight is 354 g/mol. The Morgan fingerprint density at radius 3 is 2.62 bits per heavy atom. The van der Waals surface area contributed by atoms with Gasteiger partial charge >= 0.3 is 0 Å². The zero-order valence-electron chi connectivity index (χ0n) is 15.4. The summed E-state index contributed by atoms with van der Waals surface area (Å²) in [4.78, 5) is 34.5. The summed E-state index contributed by atoms with van der Waals surface area (Å²) in [7, 11) is 1.76. The molecule has 0 unspecified atom stereocenters. The zero-order chi connectivity index (χ0) is 18.8. The highest BCUT2D eigenvalue weighted by Gasteiger charge is 2.15. The van der Waals surface area contributed by atoms with E-state index in [1.54, 1.807) is 36.5 Å². The molecule has 0 spiro atoms. The van der Waals surface area contributed by atoms with Crippen molar-refractivity contribution in [2.24, 2.45) is 0 Å². The number of likely N-dealkylation sites (N-methyl/N-ethyl adjacent to an activating group) is 1. The van der Waals surface area contributed by atoms with Gasteiger partial charge in [0.25, 0.3) is 11.8 Å². The summed E-state index contributed by atoms with van der Waals surface area (Å²) < 4.78 is 0. The van der Waals surface area contributed by atoms with E-state index in [9.17, 15) is 9.59 Å². The molecule has 2 heterocycles. The normalized spacial score (nSPS) is 10.4. The summed E-state index contributed by atoms with van der Waals surface area (Å²) in [5.74, 6) is -0.364. The van der Waals surface area contributed by atoms with E-state index >= 15 is 0 Å². The topological polar surface area (TPSA) is 75.2 Å². The van der Waals surface area contributed by atoms with E-state index in [0.29, 0.717) is 18.7 Å². The highest BCUT2D eigenvalue weighted by Crippen LogP contribution is 2.07. The molecular formula is C20H26N4O2. The van der Waals surface area contributed by atoms with E-state index in [1.807, 2.05) is 12.1 Å². The maximum Gasteiger partial charge on any atom is 0.269 e. The van der Waals surface area contributed by atoms with E-state index < -0.39 is 0 Å². The van der Waals surface area contributed by atoms with Gasteiger partial charge in [0.2, 0.25) is 0 Å². The molecule has 6 nitrogen and oxygen atoms in total. The SMILES string of the molecule is CCCCCNC(=O)c1cc(C(=O)N(C)CCc2ccncc2)ccn1. The molecule has 2 amide bonds.